The standard InChI is InChI=1S/C23H20N4O2/c1-15-9-11-16(12-10-15)14-20(19-8-4-5-13-24-19)26-23(29)21-25-18-7-3-2-6-17(18)22(28)27-21/h2-13,20H,14H2,1H3,(H,26,29)(H,25,27,28). The maximum atomic E-state index is 12.9. The predicted molar refractivity (Wildman–Crippen MR) is 112 cm³/mol. The summed E-state index contributed by atoms with van der Waals surface area (Å²) in [5.41, 5.74) is 3.13. The van der Waals surface area contributed by atoms with E-state index in [1.807, 2.05) is 49.4 Å². The second-order valence-electron chi connectivity index (χ2n) is 6.90. The van der Waals surface area contributed by atoms with Crippen molar-refractivity contribution in [3.8, 4) is 0 Å². The zero-order chi connectivity index (χ0) is 20.2. The third-order valence-corrected chi connectivity index (χ3v) is 4.74. The molecule has 2 aromatic heterocycles. The van der Waals surface area contributed by atoms with Gasteiger partial charge in [-0.05, 0) is 43.2 Å². The molecule has 0 aliphatic carbocycles. The van der Waals surface area contributed by atoms with E-state index in [-0.39, 0.29) is 17.4 Å². The number of H-pyrrole nitrogens is 1. The summed E-state index contributed by atoms with van der Waals surface area (Å²) in [5.74, 6) is -0.464. The van der Waals surface area contributed by atoms with Crippen LogP contribution in [0.1, 0.15) is 33.5 Å². The van der Waals surface area contributed by atoms with Crippen molar-refractivity contribution in [3.05, 3.63) is 106 Å². The molecule has 0 fully saturated rings. The van der Waals surface area contributed by atoms with Gasteiger partial charge in [0.05, 0.1) is 22.6 Å². The minimum Gasteiger partial charge on any atom is -0.341 e. The van der Waals surface area contributed by atoms with E-state index in [1.54, 1.807) is 30.5 Å². The number of nitrogens with zero attached hydrogens (tertiary/aromatic N) is 2. The number of hydrogen-bond donors (Lipinski definition) is 2. The van der Waals surface area contributed by atoms with Crippen LogP contribution in [0.15, 0.2) is 77.7 Å². The Bertz CT molecular complexity index is 1200. The van der Waals surface area contributed by atoms with Gasteiger partial charge in [0, 0.05) is 6.20 Å². The Morgan fingerprint density at radius 2 is 1.79 bits per heavy atom. The first kappa shape index (κ1) is 18.6. The molecule has 0 spiro atoms. The average molecular weight is 384 g/mol. The topological polar surface area (TPSA) is 87.7 Å². The number of nitrogens with one attached hydrogen (secondary N) is 2. The number of carbonyl (C=O) groups is 1. The first-order valence-corrected chi connectivity index (χ1v) is 9.36. The van der Waals surface area contributed by atoms with Crippen LogP contribution in [0.2, 0.25) is 0 Å². The van der Waals surface area contributed by atoms with Gasteiger partial charge in [-0.3, -0.25) is 14.6 Å². The monoisotopic (exact) mass is 384 g/mol. The highest BCUT2D eigenvalue weighted by molar-refractivity contribution is 5.92. The van der Waals surface area contributed by atoms with Crippen molar-refractivity contribution in [3.63, 3.8) is 0 Å². The fourth-order valence-corrected chi connectivity index (χ4v) is 3.19. The summed E-state index contributed by atoms with van der Waals surface area (Å²) in [6, 6.07) is 20.3. The van der Waals surface area contributed by atoms with E-state index >= 15 is 0 Å². The number of amides is 1. The summed E-state index contributed by atoms with van der Waals surface area (Å²) in [6.07, 6.45) is 2.26. The third kappa shape index (κ3) is 4.21. The molecule has 0 bridgehead atoms. The lowest BCUT2D eigenvalue weighted by molar-refractivity contribution is 0.0925. The van der Waals surface area contributed by atoms with E-state index in [0.717, 1.165) is 11.3 Å². The van der Waals surface area contributed by atoms with Crippen molar-refractivity contribution >= 4 is 16.8 Å². The zero-order valence-electron chi connectivity index (χ0n) is 15.9. The van der Waals surface area contributed by atoms with Crippen molar-refractivity contribution in [1.82, 2.24) is 20.3 Å². The molecule has 4 aromatic rings. The lowest BCUT2D eigenvalue weighted by Gasteiger charge is -2.18. The lowest BCUT2D eigenvalue weighted by atomic mass is 10.0. The summed E-state index contributed by atoms with van der Waals surface area (Å²) in [7, 11) is 0. The van der Waals surface area contributed by atoms with Crippen LogP contribution in [0.25, 0.3) is 10.9 Å². The molecule has 0 saturated heterocycles. The molecule has 1 atom stereocenters. The second-order valence-corrected chi connectivity index (χ2v) is 6.90. The predicted octanol–water partition coefficient (Wildman–Crippen LogP) is 3.34. The molecule has 1 unspecified atom stereocenters. The van der Waals surface area contributed by atoms with Gasteiger partial charge in [0.2, 0.25) is 0 Å². The number of benzene rings is 2. The summed E-state index contributed by atoms with van der Waals surface area (Å²) in [5, 5.41) is 3.42. The van der Waals surface area contributed by atoms with Crippen molar-refractivity contribution in [1.29, 1.82) is 0 Å². The van der Waals surface area contributed by atoms with E-state index in [0.29, 0.717) is 17.3 Å². The van der Waals surface area contributed by atoms with E-state index in [2.05, 4.69) is 20.3 Å². The Hall–Kier alpha value is -3.80. The van der Waals surface area contributed by atoms with Gasteiger partial charge in [0.15, 0.2) is 5.82 Å². The number of fused-ring (bicyclic) bond motifs is 1. The Labute approximate surface area is 167 Å². The molecule has 1 amide bonds. The number of aryl methyl sites for hydroxylation is 1. The SMILES string of the molecule is Cc1ccc(CC(NC(=O)c2nc3ccccc3c(=O)[nH]2)c2ccccn2)cc1. The van der Waals surface area contributed by atoms with Gasteiger partial charge in [-0.25, -0.2) is 4.98 Å². The number of aromatic nitrogens is 3. The van der Waals surface area contributed by atoms with Crippen molar-refractivity contribution in [2.24, 2.45) is 0 Å². The molecule has 29 heavy (non-hydrogen) atoms. The van der Waals surface area contributed by atoms with Crippen LogP contribution in [-0.2, 0) is 6.42 Å². The quantitative estimate of drug-likeness (QED) is 0.552. The lowest BCUT2D eigenvalue weighted by Crippen LogP contribution is -2.33. The van der Waals surface area contributed by atoms with Crippen LogP contribution >= 0.6 is 0 Å². The van der Waals surface area contributed by atoms with E-state index in [4.69, 9.17) is 0 Å². The molecule has 0 saturated carbocycles. The van der Waals surface area contributed by atoms with E-state index in [1.165, 1.54) is 5.56 Å². The van der Waals surface area contributed by atoms with Gasteiger partial charge < -0.3 is 10.3 Å². The summed E-state index contributed by atoms with van der Waals surface area (Å²) >= 11 is 0. The summed E-state index contributed by atoms with van der Waals surface area (Å²) in [4.78, 5) is 36.5. The molecule has 0 radical (unpaired) electrons. The van der Waals surface area contributed by atoms with Gasteiger partial charge in [0.1, 0.15) is 0 Å². The van der Waals surface area contributed by atoms with Gasteiger partial charge in [-0.15, -0.1) is 0 Å². The average Bonchev–Trinajstić information content (AvgIpc) is 2.75. The number of carbonyl (C=O) groups excluding carboxylic acids is 1. The fourth-order valence-electron chi connectivity index (χ4n) is 3.19. The highest BCUT2D eigenvalue weighted by Crippen LogP contribution is 2.18. The molecule has 144 valence electrons. The van der Waals surface area contributed by atoms with E-state index < -0.39 is 5.91 Å². The molecule has 6 heteroatoms. The Kier molecular flexibility index (Phi) is 5.16. The number of hydrogen-bond acceptors (Lipinski definition) is 4. The van der Waals surface area contributed by atoms with Crippen LogP contribution in [-0.4, -0.2) is 20.9 Å². The normalized spacial score (nSPS) is 11.9. The molecule has 0 aliphatic rings. The minimum absolute atomic E-state index is 0.0152. The van der Waals surface area contributed by atoms with Crippen molar-refractivity contribution in [2.45, 2.75) is 19.4 Å². The van der Waals surface area contributed by atoms with E-state index in [9.17, 15) is 9.59 Å². The van der Waals surface area contributed by atoms with Crippen LogP contribution in [0.5, 0.6) is 0 Å². The van der Waals surface area contributed by atoms with Gasteiger partial charge >= 0.3 is 0 Å². The van der Waals surface area contributed by atoms with Gasteiger partial charge in [-0.1, -0.05) is 48.0 Å². The molecule has 2 heterocycles. The van der Waals surface area contributed by atoms with Crippen molar-refractivity contribution < 1.29 is 4.79 Å². The molecule has 2 N–H and O–H groups in total. The number of rotatable bonds is 5. The molecule has 4 rings (SSSR count). The maximum absolute atomic E-state index is 12.9. The van der Waals surface area contributed by atoms with Gasteiger partial charge in [-0.2, -0.15) is 0 Å². The second kappa shape index (κ2) is 8.06. The molecule has 6 nitrogen and oxygen atoms in total. The number of aromatic amines is 1. The van der Waals surface area contributed by atoms with Crippen LogP contribution in [0.4, 0.5) is 0 Å². The Morgan fingerprint density at radius 3 is 2.55 bits per heavy atom. The highest BCUT2D eigenvalue weighted by Gasteiger charge is 2.19. The first-order valence-electron chi connectivity index (χ1n) is 9.36. The Morgan fingerprint density at radius 1 is 1.03 bits per heavy atom. The highest BCUT2D eigenvalue weighted by atomic mass is 16.2. The largest absolute Gasteiger partial charge is 0.341 e. The van der Waals surface area contributed by atoms with Crippen LogP contribution < -0.4 is 10.9 Å². The Balaban J connectivity index is 1.64. The smallest absolute Gasteiger partial charge is 0.287 e. The van der Waals surface area contributed by atoms with Crippen molar-refractivity contribution in [2.75, 3.05) is 0 Å². The zero-order valence-corrected chi connectivity index (χ0v) is 15.9. The molecule has 2 aromatic carbocycles. The first-order chi connectivity index (χ1) is 14.1. The maximum Gasteiger partial charge on any atom is 0.287 e. The molecular formula is C23H20N4O2. The van der Waals surface area contributed by atoms with Crippen LogP contribution in [0.3, 0.4) is 0 Å². The van der Waals surface area contributed by atoms with Crippen LogP contribution in [0, 0.1) is 6.92 Å². The molecule has 0 aliphatic heterocycles. The molecular weight excluding hydrogens is 364 g/mol. The summed E-state index contributed by atoms with van der Waals surface area (Å²) in [6.45, 7) is 2.03. The fraction of sp³-hybridized carbons (Fsp3) is 0.130. The summed E-state index contributed by atoms with van der Waals surface area (Å²) < 4.78 is 0. The number of para-hydroxylation sites is 1. The third-order valence-electron chi connectivity index (χ3n) is 4.74. The number of pyridine rings is 1. The van der Waals surface area contributed by atoms with Gasteiger partial charge in [0.25, 0.3) is 11.5 Å². The minimum atomic E-state index is -0.449.